The number of carbonyl (C=O) groups is 1. The largest absolute Gasteiger partial charge is 0.464 e. The number of halogens is 1. The van der Waals surface area contributed by atoms with Crippen LogP contribution >= 0.6 is 11.6 Å². The molecular formula is C11H13ClN6O2. The molecule has 1 amide bonds. The first kappa shape index (κ1) is 14.2. The van der Waals surface area contributed by atoms with Crippen LogP contribution in [0.2, 0.25) is 5.28 Å². The smallest absolute Gasteiger partial charge is 0.322 e. The molecule has 0 bridgehead atoms. The number of carbonyl (C=O) groups excluding carboxylic acids is 1. The molecule has 0 saturated carbocycles. The maximum Gasteiger partial charge on any atom is 0.322 e. The summed E-state index contributed by atoms with van der Waals surface area (Å²) in [6.07, 6.45) is 1.57. The van der Waals surface area contributed by atoms with E-state index in [4.69, 9.17) is 16.3 Å². The van der Waals surface area contributed by atoms with Crippen molar-refractivity contribution in [1.82, 2.24) is 29.6 Å². The molecule has 0 aliphatic heterocycles. The molecule has 106 valence electrons. The zero-order chi connectivity index (χ0) is 14.7. The van der Waals surface area contributed by atoms with E-state index in [1.807, 2.05) is 0 Å². The van der Waals surface area contributed by atoms with Crippen molar-refractivity contribution in [2.45, 2.75) is 6.92 Å². The number of aromatic nitrogens is 5. The first-order valence-electron chi connectivity index (χ1n) is 5.83. The minimum Gasteiger partial charge on any atom is -0.464 e. The van der Waals surface area contributed by atoms with Gasteiger partial charge in [0.2, 0.25) is 5.28 Å². The van der Waals surface area contributed by atoms with Crippen LogP contribution in [0.5, 0.6) is 6.01 Å². The van der Waals surface area contributed by atoms with Gasteiger partial charge in [-0.15, -0.1) is 0 Å². The Morgan fingerprint density at radius 1 is 1.40 bits per heavy atom. The summed E-state index contributed by atoms with van der Waals surface area (Å²) in [5.41, 5.74) is 0.282. The summed E-state index contributed by atoms with van der Waals surface area (Å²) in [5, 5.41) is 4.10. The van der Waals surface area contributed by atoms with Gasteiger partial charge in [0, 0.05) is 20.3 Å². The standard InChI is InChI=1S/C11H13ClN6O2/c1-4-20-11-14-9(12)13-10(15-11)18-6-5-7(16-18)8(19)17(2)3/h5-6H,4H2,1-3H3. The minimum atomic E-state index is -0.214. The van der Waals surface area contributed by atoms with E-state index in [1.165, 1.54) is 9.58 Å². The molecule has 0 fully saturated rings. The molecule has 8 nitrogen and oxygen atoms in total. The van der Waals surface area contributed by atoms with Crippen LogP contribution in [0.25, 0.3) is 5.95 Å². The molecular weight excluding hydrogens is 284 g/mol. The molecule has 9 heteroatoms. The zero-order valence-corrected chi connectivity index (χ0v) is 12.0. The van der Waals surface area contributed by atoms with Crippen LogP contribution in [0, 0.1) is 0 Å². The molecule has 0 aromatic carbocycles. The van der Waals surface area contributed by atoms with Crippen molar-refractivity contribution in [1.29, 1.82) is 0 Å². The first-order valence-corrected chi connectivity index (χ1v) is 6.21. The monoisotopic (exact) mass is 296 g/mol. The lowest BCUT2D eigenvalue weighted by Gasteiger charge is -2.07. The summed E-state index contributed by atoms with van der Waals surface area (Å²) in [6, 6.07) is 1.68. The summed E-state index contributed by atoms with van der Waals surface area (Å²) < 4.78 is 6.52. The highest BCUT2D eigenvalue weighted by molar-refractivity contribution is 6.28. The third-order valence-electron chi connectivity index (χ3n) is 2.27. The molecule has 20 heavy (non-hydrogen) atoms. The van der Waals surface area contributed by atoms with E-state index in [0.29, 0.717) is 6.61 Å². The molecule has 2 heterocycles. The van der Waals surface area contributed by atoms with Crippen LogP contribution in [0.1, 0.15) is 17.4 Å². The Hall–Kier alpha value is -2.22. The van der Waals surface area contributed by atoms with Crippen LogP contribution in [0.4, 0.5) is 0 Å². The Balaban J connectivity index is 2.34. The van der Waals surface area contributed by atoms with Crippen LogP contribution in [0.15, 0.2) is 12.3 Å². The second kappa shape index (κ2) is 5.83. The fourth-order valence-corrected chi connectivity index (χ4v) is 1.54. The average Bonchev–Trinajstić information content (AvgIpc) is 2.87. The summed E-state index contributed by atoms with van der Waals surface area (Å²) in [7, 11) is 3.29. The van der Waals surface area contributed by atoms with Crippen molar-refractivity contribution in [3.8, 4) is 12.0 Å². The molecule has 0 saturated heterocycles. The van der Waals surface area contributed by atoms with E-state index in [9.17, 15) is 4.79 Å². The Bertz CT molecular complexity index is 627. The van der Waals surface area contributed by atoms with E-state index in [2.05, 4.69) is 20.1 Å². The molecule has 0 aliphatic rings. The first-order chi connectivity index (χ1) is 9.51. The summed E-state index contributed by atoms with van der Waals surface area (Å²) in [6.45, 7) is 2.21. The highest BCUT2D eigenvalue weighted by atomic mass is 35.5. The normalized spacial score (nSPS) is 10.4. The van der Waals surface area contributed by atoms with Gasteiger partial charge in [0.1, 0.15) is 0 Å². The van der Waals surface area contributed by atoms with E-state index in [-0.39, 0.29) is 28.8 Å². The predicted molar refractivity (Wildman–Crippen MR) is 71.1 cm³/mol. The van der Waals surface area contributed by atoms with Crippen molar-refractivity contribution >= 4 is 17.5 Å². The Morgan fingerprint density at radius 3 is 2.80 bits per heavy atom. The van der Waals surface area contributed by atoms with Crippen molar-refractivity contribution in [2.75, 3.05) is 20.7 Å². The molecule has 0 radical (unpaired) electrons. The SMILES string of the molecule is CCOc1nc(Cl)nc(-n2ccc(C(=O)N(C)C)n2)n1. The van der Waals surface area contributed by atoms with E-state index < -0.39 is 0 Å². The van der Waals surface area contributed by atoms with Gasteiger partial charge in [0.25, 0.3) is 11.9 Å². The quantitative estimate of drug-likeness (QED) is 0.830. The number of nitrogens with zero attached hydrogens (tertiary/aromatic N) is 6. The van der Waals surface area contributed by atoms with Crippen LogP contribution in [-0.2, 0) is 0 Å². The highest BCUT2D eigenvalue weighted by Crippen LogP contribution is 2.11. The van der Waals surface area contributed by atoms with E-state index in [0.717, 1.165) is 0 Å². The second-order valence-electron chi connectivity index (χ2n) is 3.97. The Morgan fingerprint density at radius 2 is 2.15 bits per heavy atom. The minimum absolute atomic E-state index is 0.00515. The van der Waals surface area contributed by atoms with Gasteiger partial charge in [-0.1, -0.05) is 0 Å². The number of amides is 1. The van der Waals surface area contributed by atoms with Crippen molar-refractivity contribution in [3.63, 3.8) is 0 Å². The van der Waals surface area contributed by atoms with Gasteiger partial charge < -0.3 is 9.64 Å². The van der Waals surface area contributed by atoms with Gasteiger partial charge in [-0.2, -0.15) is 20.1 Å². The summed E-state index contributed by atoms with van der Waals surface area (Å²) in [5.74, 6) is -0.0276. The van der Waals surface area contributed by atoms with Crippen molar-refractivity contribution in [3.05, 3.63) is 23.2 Å². The second-order valence-corrected chi connectivity index (χ2v) is 4.30. The molecule has 0 atom stereocenters. The molecule has 0 N–H and O–H groups in total. The van der Waals surface area contributed by atoms with Crippen LogP contribution < -0.4 is 4.74 Å². The molecule has 0 aliphatic carbocycles. The number of rotatable bonds is 4. The molecule has 0 spiro atoms. The fraction of sp³-hybridized carbons (Fsp3) is 0.364. The Kier molecular flexibility index (Phi) is 4.14. The summed E-state index contributed by atoms with van der Waals surface area (Å²) >= 11 is 5.80. The van der Waals surface area contributed by atoms with Gasteiger partial charge >= 0.3 is 6.01 Å². The fourth-order valence-electron chi connectivity index (χ4n) is 1.40. The molecule has 2 rings (SSSR count). The third-order valence-corrected chi connectivity index (χ3v) is 2.44. The van der Waals surface area contributed by atoms with Gasteiger partial charge in [-0.05, 0) is 24.6 Å². The van der Waals surface area contributed by atoms with Crippen LogP contribution in [0.3, 0.4) is 0 Å². The van der Waals surface area contributed by atoms with Gasteiger partial charge in [-0.3, -0.25) is 4.79 Å². The molecule has 0 unspecified atom stereocenters. The predicted octanol–water partition coefficient (Wildman–Crippen LogP) is 0.811. The molecule has 2 aromatic heterocycles. The topological polar surface area (TPSA) is 86.0 Å². The van der Waals surface area contributed by atoms with Crippen LogP contribution in [-0.4, -0.2) is 56.2 Å². The summed E-state index contributed by atoms with van der Waals surface area (Å²) in [4.78, 5) is 25.0. The lowest BCUT2D eigenvalue weighted by atomic mass is 10.4. The lowest BCUT2D eigenvalue weighted by molar-refractivity contribution is 0.0821. The van der Waals surface area contributed by atoms with Crippen molar-refractivity contribution < 1.29 is 9.53 Å². The van der Waals surface area contributed by atoms with E-state index >= 15 is 0 Å². The number of hydrogen-bond donors (Lipinski definition) is 0. The zero-order valence-electron chi connectivity index (χ0n) is 11.2. The third kappa shape index (κ3) is 3.02. The molecule has 2 aromatic rings. The highest BCUT2D eigenvalue weighted by Gasteiger charge is 2.14. The average molecular weight is 297 g/mol. The van der Waals surface area contributed by atoms with Gasteiger partial charge in [-0.25, -0.2) is 4.68 Å². The van der Waals surface area contributed by atoms with Gasteiger partial charge in [0.15, 0.2) is 5.69 Å². The lowest BCUT2D eigenvalue weighted by Crippen LogP contribution is -2.22. The van der Waals surface area contributed by atoms with Gasteiger partial charge in [0.05, 0.1) is 6.61 Å². The maximum atomic E-state index is 11.8. The maximum absolute atomic E-state index is 11.8. The van der Waals surface area contributed by atoms with E-state index in [1.54, 1.807) is 33.3 Å². The number of hydrogen-bond acceptors (Lipinski definition) is 6. The van der Waals surface area contributed by atoms with Crippen molar-refractivity contribution in [2.24, 2.45) is 0 Å². The number of ether oxygens (including phenoxy) is 1. The Labute approximate surface area is 120 Å².